The number of hydrogen-bond acceptors (Lipinski definition) is 3. The van der Waals surface area contributed by atoms with Gasteiger partial charge in [0.25, 0.3) is 0 Å². The summed E-state index contributed by atoms with van der Waals surface area (Å²) in [6.45, 7) is 4.92. The minimum Gasteiger partial charge on any atom is -0.491 e. The first-order chi connectivity index (χ1) is 9.60. The van der Waals surface area contributed by atoms with Crippen LogP contribution in [0.2, 0.25) is 5.02 Å². The maximum Gasteiger partial charge on any atom is 0.142 e. The maximum atomic E-state index is 6.08. The van der Waals surface area contributed by atoms with Gasteiger partial charge in [-0.3, -0.25) is 0 Å². The highest BCUT2D eigenvalue weighted by Crippen LogP contribution is 2.33. The Bertz CT molecular complexity index is 573. The third-order valence-electron chi connectivity index (χ3n) is 2.79. The number of benzene rings is 1. The second kappa shape index (κ2) is 7.34. The highest BCUT2D eigenvalue weighted by atomic mass is 79.9. The topological polar surface area (TPSA) is 21.3 Å². The molecule has 1 heterocycles. The van der Waals surface area contributed by atoms with E-state index in [0.717, 1.165) is 22.3 Å². The predicted octanol–water partition coefficient (Wildman–Crippen LogP) is 6.13. The Labute approximate surface area is 137 Å². The van der Waals surface area contributed by atoms with Gasteiger partial charge in [0.1, 0.15) is 5.75 Å². The van der Waals surface area contributed by atoms with Crippen LogP contribution in [0.1, 0.15) is 31.2 Å². The molecule has 1 aromatic carbocycles. The molecule has 0 aliphatic heterocycles. The first-order valence-corrected chi connectivity index (χ1v) is 8.58. The van der Waals surface area contributed by atoms with Gasteiger partial charge in [0.15, 0.2) is 0 Å². The molecule has 1 N–H and O–H groups in total. The molecule has 1 atom stereocenters. The van der Waals surface area contributed by atoms with Gasteiger partial charge in [-0.2, -0.15) is 0 Å². The number of nitrogens with one attached hydrogen (secondary N) is 1. The summed E-state index contributed by atoms with van der Waals surface area (Å²) in [5, 5.41) is 6.26. The summed E-state index contributed by atoms with van der Waals surface area (Å²) in [6, 6.07) is 8.00. The first-order valence-electron chi connectivity index (χ1n) is 6.53. The number of anilines is 1. The molecule has 0 fully saturated rings. The van der Waals surface area contributed by atoms with Gasteiger partial charge in [-0.05, 0) is 53.5 Å². The number of hydrogen-bond donors (Lipinski definition) is 1. The molecular formula is C15H17BrClNOS. The van der Waals surface area contributed by atoms with E-state index < -0.39 is 0 Å². The lowest BCUT2D eigenvalue weighted by Crippen LogP contribution is -2.07. The fraction of sp³-hybridized carbons (Fsp3) is 0.333. The van der Waals surface area contributed by atoms with Crippen LogP contribution in [0.3, 0.4) is 0 Å². The van der Waals surface area contributed by atoms with Crippen molar-refractivity contribution in [3.05, 3.63) is 44.0 Å². The zero-order valence-electron chi connectivity index (χ0n) is 11.5. The largest absolute Gasteiger partial charge is 0.491 e. The monoisotopic (exact) mass is 373 g/mol. The van der Waals surface area contributed by atoms with Crippen LogP contribution in [0, 0.1) is 0 Å². The van der Waals surface area contributed by atoms with Gasteiger partial charge < -0.3 is 10.1 Å². The van der Waals surface area contributed by atoms with Gasteiger partial charge in [-0.15, -0.1) is 11.3 Å². The zero-order chi connectivity index (χ0) is 14.5. The maximum absolute atomic E-state index is 6.08. The van der Waals surface area contributed by atoms with Crippen molar-refractivity contribution in [2.24, 2.45) is 0 Å². The van der Waals surface area contributed by atoms with Gasteiger partial charge in [0.2, 0.25) is 0 Å². The van der Waals surface area contributed by atoms with Crippen molar-refractivity contribution >= 4 is 44.6 Å². The molecule has 1 unspecified atom stereocenters. The summed E-state index contributed by atoms with van der Waals surface area (Å²) in [5.74, 6) is 0.846. The van der Waals surface area contributed by atoms with Crippen molar-refractivity contribution in [1.29, 1.82) is 0 Å². The van der Waals surface area contributed by atoms with E-state index in [1.165, 1.54) is 4.88 Å². The van der Waals surface area contributed by atoms with Crippen LogP contribution in [0.25, 0.3) is 0 Å². The van der Waals surface area contributed by atoms with Crippen molar-refractivity contribution in [2.45, 2.75) is 26.3 Å². The fourth-order valence-corrected chi connectivity index (χ4v) is 3.44. The molecule has 0 amide bonds. The van der Waals surface area contributed by atoms with Crippen LogP contribution in [-0.2, 0) is 0 Å². The normalized spacial score (nSPS) is 12.2. The number of halogens is 2. The molecule has 108 valence electrons. The van der Waals surface area contributed by atoms with E-state index in [9.17, 15) is 0 Å². The van der Waals surface area contributed by atoms with Crippen molar-refractivity contribution in [3.8, 4) is 5.75 Å². The average Bonchev–Trinajstić information content (AvgIpc) is 2.85. The van der Waals surface area contributed by atoms with Crippen molar-refractivity contribution < 1.29 is 4.74 Å². The van der Waals surface area contributed by atoms with E-state index in [1.807, 2.05) is 18.2 Å². The minimum atomic E-state index is 0.203. The Morgan fingerprint density at radius 2 is 2.20 bits per heavy atom. The van der Waals surface area contributed by atoms with Crippen LogP contribution in [0.5, 0.6) is 5.75 Å². The summed E-state index contributed by atoms with van der Waals surface area (Å²) in [7, 11) is 0. The highest BCUT2D eigenvalue weighted by Gasteiger charge is 2.11. The zero-order valence-corrected chi connectivity index (χ0v) is 14.6. The van der Waals surface area contributed by atoms with Gasteiger partial charge in [-0.25, -0.2) is 0 Å². The Hall–Kier alpha value is -0.710. The summed E-state index contributed by atoms with van der Waals surface area (Å²) in [6.07, 6.45) is 0.982. The number of rotatable bonds is 6. The van der Waals surface area contributed by atoms with Gasteiger partial charge in [0.05, 0.1) is 18.3 Å². The van der Waals surface area contributed by atoms with Crippen molar-refractivity contribution in [1.82, 2.24) is 0 Å². The second-order valence-corrected chi connectivity index (χ2v) is 6.82. The molecule has 0 saturated heterocycles. The molecule has 2 rings (SSSR count). The molecule has 0 bridgehead atoms. The van der Waals surface area contributed by atoms with Crippen LogP contribution in [0.4, 0.5) is 5.69 Å². The molecule has 2 nitrogen and oxygen atoms in total. The predicted molar refractivity (Wildman–Crippen MR) is 91.3 cm³/mol. The van der Waals surface area contributed by atoms with Crippen LogP contribution in [-0.4, -0.2) is 6.61 Å². The van der Waals surface area contributed by atoms with E-state index in [0.29, 0.717) is 11.6 Å². The van der Waals surface area contributed by atoms with E-state index in [4.69, 9.17) is 16.3 Å². The van der Waals surface area contributed by atoms with Crippen LogP contribution in [0.15, 0.2) is 34.1 Å². The Morgan fingerprint density at radius 1 is 1.40 bits per heavy atom. The molecule has 0 spiro atoms. The lowest BCUT2D eigenvalue weighted by Gasteiger charge is -2.17. The van der Waals surface area contributed by atoms with Gasteiger partial charge in [0, 0.05) is 19.8 Å². The van der Waals surface area contributed by atoms with Crippen molar-refractivity contribution in [2.75, 3.05) is 11.9 Å². The SMILES string of the molecule is CCCOc1ccc(Cl)cc1NC(C)c1cc(Br)cs1. The van der Waals surface area contributed by atoms with E-state index in [-0.39, 0.29) is 6.04 Å². The van der Waals surface area contributed by atoms with Crippen LogP contribution < -0.4 is 10.1 Å². The molecule has 2 aromatic rings. The van der Waals surface area contributed by atoms with Gasteiger partial charge in [-0.1, -0.05) is 18.5 Å². The van der Waals surface area contributed by atoms with E-state index >= 15 is 0 Å². The molecule has 0 radical (unpaired) electrons. The number of ether oxygens (including phenoxy) is 1. The summed E-state index contributed by atoms with van der Waals surface area (Å²) >= 11 is 11.3. The van der Waals surface area contributed by atoms with Crippen LogP contribution >= 0.6 is 38.9 Å². The first kappa shape index (κ1) is 15.7. The minimum absolute atomic E-state index is 0.203. The second-order valence-electron chi connectivity index (χ2n) is 4.52. The standard InChI is InChI=1S/C15H17BrClNOS/c1-3-6-19-14-5-4-12(17)8-13(14)18-10(2)15-7-11(16)9-20-15/h4-5,7-10,18H,3,6H2,1-2H3. The quantitative estimate of drug-likeness (QED) is 0.657. The van der Waals surface area contributed by atoms with Gasteiger partial charge >= 0.3 is 0 Å². The smallest absolute Gasteiger partial charge is 0.142 e. The van der Waals surface area contributed by atoms with Crippen molar-refractivity contribution in [3.63, 3.8) is 0 Å². The molecular weight excluding hydrogens is 358 g/mol. The Kier molecular flexibility index (Phi) is 5.75. The summed E-state index contributed by atoms with van der Waals surface area (Å²) < 4.78 is 6.87. The third kappa shape index (κ3) is 4.14. The van der Waals surface area contributed by atoms with E-state index in [1.54, 1.807) is 11.3 Å². The number of thiophene rings is 1. The Balaban J connectivity index is 2.16. The molecule has 0 saturated carbocycles. The average molecular weight is 375 g/mol. The molecule has 1 aromatic heterocycles. The lowest BCUT2D eigenvalue weighted by molar-refractivity contribution is 0.318. The molecule has 5 heteroatoms. The fourth-order valence-electron chi connectivity index (χ4n) is 1.81. The summed E-state index contributed by atoms with van der Waals surface area (Å²) in [5.41, 5.74) is 0.933. The highest BCUT2D eigenvalue weighted by molar-refractivity contribution is 9.10. The summed E-state index contributed by atoms with van der Waals surface area (Å²) in [4.78, 5) is 1.26. The van der Waals surface area contributed by atoms with E-state index in [2.05, 4.69) is 46.5 Å². The molecule has 20 heavy (non-hydrogen) atoms. The molecule has 0 aliphatic carbocycles. The third-order valence-corrected chi connectivity index (χ3v) is 4.90. The molecule has 0 aliphatic rings. The Morgan fingerprint density at radius 3 is 2.85 bits per heavy atom. The lowest BCUT2D eigenvalue weighted by atomic mass is 10.2.